The van der Waals surface area contributed by atoms with Gasteiger partial charge in [0.1, 0.15) is 5.75 Å². The van der Waals surface area contributed by atoms with E-state index in [1.54, 1.807) is 18.2 Å². The summed E-state index contributed by atoms with van der Waals surface area (Å²) < 4.78 is 56.1. The second kappa shape index (κ2) is 9.50. The third kappa shape index (κ3) is 5.53. The van der Waals surface area contributed by atoms with Gasteiger partial charge >= 0.3 is 6.61 Å². The van der Waals surface area contributed by atoms with Crippen molar-refractivity contribution in [1.82, 2.24) is 4.31 Å². The number of ether oxygens (including phenoxy) is 1. The van der Waals surface area contributed by atoms with Gasteiger partial charge in [0.2, 0.25) is 15.9 Å². The highest BCUT2D eigenvalue weighted by Crippen LogP contribution is 2.30. The Balaban J connectivity index is 1.61. The van der Waals surface area contributed by atoms with E-state index in [0.717, 1.165) is 11.1 Å². The van der Waals surface area contributed by atoms with Gasteiger partial charge in [0, 0.05) is 24.7 Å². The molecule has 2 aromatic rings. The number of aryl methyl sites for hydroxylation is 2. The smallest absolute Gasteiger partial charge is 0.387 e. The number of hydrogen-bond donors (Lipinski definition) is 1. The maximum atomic E-state index is 12.9. The Morgan fingerprint density at radius 3 is 2.39 bits per heavy atom. The molecule has 0 aromatic heterocycles. The van der Waals surface area contributed by atoms with Gasteiger partial charge in [0.05, 0.1) is 9.92 Å². The summed E-state index contributed by atoms with van der Waals surface area (Å²) in [5, 5.41) is 2.65. The van der Waals surface area contributed by atoms with E-state index in [4.69, 9.17) is 11.6 Å². The lowest BCUT2D eigenvalue weighted by Crippen LogP contribution is -2.41. The van der Waals surface area contributed by atoms with Gasteiger partial charge in [-0.1, -0.05) is 17.7 Å². The second-order valence-electron chi connectivity index (χ2n) is 7.44. The Hall–Kier alpha value is -2.23. The molecule has 1 aliphatic heterocycles. The molecule has 31 heavy (non-hydrogen) atoms. The quantitative estimate of drug-likeness (QED) is 0.666. The molecule has 1 amide bonds. The van der Waals surface area contributed by atoms with Crippen molar-refractivity contribution in [3.8, 4) is 5.75 Å². The van der Waals surface area contributed by atoms with Crippen molar-refractivity contribution in [3.05, 3.63) is 52.5 Å². The number of sulfonamides is 1. The average Bonchev–Trinajstić information content (AvgIpc) is 2.71. The lowest BCUT2D eigenvalue weighted by atomic mass is 9.97. The SMILES string of the molecule is Cc1ccc(S(=O)(=O)N2CCC(C(=O)Nc3ccc(OC(F)F)c(Cl)c3)CC2)cc1C. The molecular formula is C21H23ClF2N2O4S. The normalized spacial score (nSPS) is 15.8. The summed E-state index contributed by atoms with van der Waals surface area (Å²) in [7, 11) is -3.62. The van der Waals surface area contributed by atoms with Gasteiger partial charge in [-0.25, -0.2) is 8.42 Å². The van der Waals surface area contributed by atoms with Gasteiger partial charge in [0.25, 0.3) is 0 Å². The van der Waals surface area contributed by atoms with Crippen molar-refractivity contribution in [2.24, 2.45) is 5.92 Å². The van der Waals surface area contributed by atoms with Crippen molar-refractivity contribution < 1.29 is 26.7 Å². The minimum absolute atomic E-state index is 0.0487. The number of amides is 1. The molecule has 6 nitrogen and oxygen atoms in total. The van der Waals surface area contributed by atoms with Crippen LogP contribution in [0.1, 0.15) is 24.0 Å². The van der Waals surface area contributed by atoms with Crippen molar-refractivity contribution >= 4 is 33.2 Å². The third-order valence-electron chi connectivity index (χ3n) is 5.36. The number of carbonyl (C=O) groups excluding carboxylic acids is 1. The minimum atomic E-state index is -3.62. The van der Waals surface area contributed by atoms with Gasteiger partial charge < -0.3 is 10.1 Å². The number of piperidine rings is 1. The standard InChI is InChI=1S/C21H23ClF2N2O4S/c1-13-3-5-17(11-14(13)2)31(28,29)26-9-7-15(8-10-26)20(27)25-16-4-6-19(18(22)12-16)30-21(23)24/h3-6,11-12,15,21H,7-10H2,1-2H3,(H,25,27). The van der Waals surface area contributed by atoms with Crippen LogP contribution in [0, 0.1) is 19.8 Å². The zero-order valence-electron chi connectivity index (χ0n) is 17.1. The largest absolute Gasteiger partial charge is 0.433 e. The van der Waals surface area contributed by atoms with Crippen LogP contribution in [0.5, 0.6) is 5.75 Å². The predicted molar refractivity (Wildman–Crippen MR) is 114 cm³/mol. The highest BCUT2D eigenvalue weighted by atomic mass is 35.5. The first kappa shape index (κ1) is 23.4. The van der Waals surface area contributed by atoms with Crippen LogP contribution >= 0.6 is 11.6 Å². The molecule has 0 radical (unpaired) electrons. The Labute approximate surface area is 185 Å². The van der Waals surface area contributed by atoms with Gasteiger partial charge in [-0.2, -0.15) is 13.1 Å². The van der Waals surface area contributed by atoms with Gasteiger partial charge in [-0.05, 0) is 68.1 Å². The Bertz CT molecular complexity index is 1070. The van der Waals surface area contributed by atoms with Crippen molar-refractivity contribution in [2.75, 3.05) is 18.4 Å². The molecule has 0 saturated carbocycles. The number of nitrogens with zero attached hydrogens (tertiary/aromatic N) is 1. The first-order valence-corrected chi connectivity index (χ1v) is 11.5. The summed E-state index contributed by atoms with van der Waals surface area (Å²) in [6.45, 7) is 1.25. The van der Waals surface area contributed by atoms with Crippen molar-refractivity contribution in [3.63, 3.8) is 0 Å². The number of hydrogen-bond acceptors (Lipinski definition) is 4. The van der Waals surface area contributed by atoms with Crippen LogP contribution in [-0.4, -0.2) is 38.3 Å². The molecule has 1 saturated heterocycles. The van der Waals surface area contributed by atoms with Gasteiger partial charge in [-0.3, -0.25) is 4.79 Å². The highest BCUT2D eigenvalue weighted by molar-refractivity contribution is 7.89. The minimum Gasteiger partial charge on any atom is -0.433 e. The van der Waals surface area contributed by atoms with E-state index in [1.165, 1.54) is 22.5 Å². The fourth-order valence-electron chi connectivity index (χ4n) is 3.40. The van der Waals surface area contributed by atoms with Crippen LogP contribution in [0.3, 0.4) is 0 Å². The number of rotatable bonds is 6. The van der Waals surface area contributed by atoms with Crippen LogP contribution in [0.15, 0.2) is 41.3 Å². The maximum Gasteiger partial charge on any atom is 0.387 e. The number of alkyl halides is 2. The third-order valence-corrected chi connectivity index (χ3v) is 7.55. The van der Waals surface area contributed by atoms with E-state index in [9.17, 15) is 22.0 Å². The van der Waals surface area contributed by atoms with Crippen LogP contribution in [0.2, 0.25) is 5.02 Å². The number of halogens is 3. The zero-order chi connectivity index (χ0) is 22.8. The Morgan fingerprint density at radius 1 is 1.13 bits per heavy atom. The monoisotopic (exact) mass is 472 g/mol. The molecule has 10 heteroatoms. The van der Waals surface area contributed by atoms with E-state index < -0.39 is 16.6 Å². The van der Waals surface area contributed by atoms with E-state index in [0.29, 0.717) is 18.5 Å². The molecular weight excluding hydrogens is 450 g/mol. The van der Waals surface area contributed by atoms with Gasteiger partial charge in [-0.15, -0.1) is 0 Å². The molecule has 1 aliphatic rings. The zero-order valence-corrected chi connectivity index (χ0v) is 18.6. The molecule has 3 rings (SSSR count). The second-order valence-corrected chi connectivity index (χ2v) is 9.78. The topological polar surface area (TPSA) is 75.7 Å². The summed E-state index contributed by atoms with van der Waals surface area (Å²) in [4.78, 5) is 12.8. The van der Waals surface area contributed by atoms with Crippen LogP contribution in [0.4, 0.5) is 14.5 Å². The number of carbonyl (C=O) groups is 1. The molecule has 0 atom stereocenters. The van der Waals surface area contributed by atoms with Crippen molar-refractivity contribution in [1.29, 1.82) is 0 Å². The average molecular weight is 473 g/mol. The first-order chi connectivity index (χ1) is 14.6. The summed E-state index contributed by atoms with van der Waals surface area (Å²) in [6, 6.07) is 9.04. The fourth-order valence-corrected chi connectivity index (χ4v) is 5.18. The molecule has 0 aliphatic carbocycles. The van der Waals surface area contributed by atoms with E-state index in [-0.39, 0.29) is 40.6 Å². The fraction of sp³-hybridized carbons (Fsp3) is 0.381. The number of nitrogens with one attached hydrogen (secondary N) is 1. The van der Waals surface area contributed by atoms with E-state index in [2.05, 4.69) is 10.1 Å². The number of benzene rings is 2. The van der Waals surface area contributed by atoms with Gasteiger partial charge in [0.15, 0.2) is 0 Å². The summed E-state index contributed by atoms with van der Waals surface area (Å²) in [5.74, 6) is -0.830. The molecule has 0 bridgehead atoms. The van der Waals surface area contributed by atoms with Crippen LogP contribution < -0.4 is 10.1 Å². The Kier molecular flexibility index (Phi) is 7.18. The predicted octanol–water partition coefficient (Wildman–Crippen LogP) is 4.60. The molecule has 1 heterocycles. The summed E-state index contributed by atoms with van der Waals surface area (Å²) >= 11 is 5.91. The van der Waals surface area contributed by atoms with E-state index >= 15 is 0 Å². The molecule has 168 valence electrons. The summed E-state index contributed by atoms with van der Waals surface area (Å²) in [5.41, 5.74) is 2.27. The number of anilines is 1. The lowest BCUT2D eigenvalue weighted by molar-refractivity contribution is -0.120. The van der Waals surface area contributed by atoms with Crippen LogP contribution in [0.25, 0.3) is 0 Å². The van der Waals surface area contributed by atoms with Crippen molar-refractivity contribution in [2.45, 2.75) is 38.2 Å². The highest BCUT2D eigenvalue weighted by Gasteiger charge is 2.32. The molecule has 0 spiro atoms. The van der Waals surface area contributed by atoms with E-state index in [1.807, 2.05) is 13.8 Å². The molecule has 1 N–H and O–H groups in total. The first-order valence-electron chi connectivity index (χ1n) is 9.70. The Morgan fingerprint density at radius 2 is 1.81 bits per heavy atom. The maximum absolute atomic E-state index is 12.9. The molecule has 0 unspecified atom stereocenters. The molecule has 1 fully saturated rings. The van der Waals surface area contributed by atoms with Crippen LogP contribution in [-0.2, 0) is 14.8 Å². The molecule has 2 aromatic carbocycles. The summed E-state index contributed by atoms with van der Waals surface area (Å²) in [6.07, 6.45) is 0.742. The lowest BCUT2D eigenvalue weighted by Gasteiger charge is -2.30.